The largest absolute Gasteiger partial charge is 0.497 e. The molecule has 1 saturated heterocycles. The number of hydrogen-bond donors (Lipinski definition) is 1. The second-order valence-corrected chi connectivity index (χ2v) is 7.24. The standard InChI is InChI=1S/C21H28N4O4/c1-14(2)28-21(26)25-10-6-5-7-20(25)29-19-12-18(22-13-23-19)24-17-9-8-16(27-4)11-15(17)3/h8-9,11-14,20H,5-7,10H2,1-4H3,(H,22,23,24). The van der Waals surface area contributed by atoms with Gasteiger partial charge in [0.25, 0.3) is 0 Å². The van der Waals surface area contributed by atoms with Crippen molar-refractivity contribution in [2.24, 2.45) is 0 Å². The molecule has 2 heterocycles. The molecule has 1 aromatic carbocycles. The van der Waals surface area contributed by atoms with E-state index in [1.165, 1.54) is 6.33 Å². The van der Waals surface area contributed by atoms with Crippen molar-refractivity contribution in [1.82, 2.24) is 14.9 Å². The van der Waals surface area contributed by atoms with Crippen LogP contribution in [0.1, 0.15) is 38.7 Å². The fraction of sp³-hybridized carbons (Fsp3) is 0.476. The highest BCUT2D eigenvalue weighted by Crippen LogP contribution is 2.26. The van der Waals surface area contributed by atoms with Crippen LogP contribution in [0, 0.1) is 6.92 Å². The molecule has 0 aliphatic carbocycles. The summed E-state index contributed by atoms with van der Waals surface area (Å²) in [6.45, 7) is 6.27. The molecule has 3 rings (SSSR count). The number of aromatic nitrogens is 2. The highest BCUT2D eigenvalue weighted by atomic mass is 16.6. The first kappa shape index (κ1) is 20.7. The van der Waals surface area contributed by atoms with E-state index >= 15 is 0 Å². The van der Waals surface area contributed by atoms with Crippen LogP contribution in [-0.4, -0.2) is 46.9 Å². The molecule has 2 aromatic rings. The Morgan fingerprint density at radius 2 is 2.07 bits per heavy atom. The lowest BCUT2D eigenvalue weighted by atomic mass is 10.1. The van der Waals surface area contributed by atoms with Crippen LogP contribution in [0.5, 0.6) is 11.6 Å². The van der Waals surface area contributed by atoms with Gasteiger partial charge in [-0.05, 0) is 57.4 Å². The van der Waals surface area contributed by atoms with Crippen LogP contribution in [0.2, 0.25) is 0 Å². The molecular weight excluding hydrogens is 372 g/mol. The Morgan fingerprint density at radius 1 is 1.24 bits per heavy atom. The normalized spacial score (nSPS) is 16.4. The number of methoxy groups -OCH3 is 1. The summed E-state index contributed by atoms with van der Waals surface area (Å²) in [5, 5.41) is 3.27. The lowest BCUT2D eigenvalue weighted by molar-refractivity contribution is -0.0163. The van der Waals surface area contributed by atoms with Gasteiger partial charge < -0.3 is 19.5 Å². The van der Waals surface area contributed by atoms with E-state index in [0.717, 1.165) is 36.3 Å². The Hall–Kier alpha value is -3.03. The van der Waals surface area contributed by atoms with E-state index in [2.05, 4.69) is 15.3 Å². The number of carbonyl (C=O) groups is 1. The molecule has 29 heavy (non-hydrogen) atoms. The summed E-state index contributed by atoms with van der Waals surface area (Å²) in [5.74, 6) is 1.81. The third-order valence-electron chi connectivity index (χ3n) is 4.61. The Bertz CT molecular complexity index is 843. The number of likely N-dealkylation sites (tertiary alicyclic amines) is 1. The predicted octanol–water partition coefficient (Wildman–Crippen LogP) is 4.27. The zero-order valence-corrected chi connectivity index (χ0v) is 17.3. The van der Waals surface area contributed by atoms with E-state index in [1.54, 1.807) is 18.1 Å². The van der Waals surface area contributed by atoms with Gasteiger partial charge in [0.2, 0.25) is 5.88 Å². The minimum absolute atomic E-state index is 0.173. The van der Waals surface area contributed by atoms with Crippen molar-refractivity contribution in [3.8, 4) is 11.6 Å². The van der Waals surface area contributed by atoms with E-state index in [0.29, 0.717) is 18.2 Å². The minimum Gasteiger partial charge on any atom is -0.497 e. The van der Waals surface area contributed by atoms with Gasteiger partial charge in [-0.1, -0.05) is 0 Å². The number of amides is 1. The Balaban J connectivity index is 1.71. The van der Waals surface area contributed by atoms with Crippen molar-refractivity contribution in [1.29, 1.82) is 0 Å². The average Bonchev–Trinajstić information content (AvgIpc) is 2.69. The molecule has 0 spiro atoms. The van der Waals surface area contributed by atoms with Gasteiger partial charge in [0, 0.05) is 24.7 Å². The van der Waals surface area contributed by atoms with Crippen LogP contribution in [0.15, 0.2) is 30.6 Å². The molecule has 1 unspecified atom stereocenters. The molecule has 8 heteroatoms. The van der Waals surface area contributed by atoms with Gasteiger partial charge in [0.05, 0.1) is 13.2 Å². The summed E-state index contributed by atoms with van der Waals surface area (Å²) in [4.78, 5) is 22.5. The maximum atomic E-state index is 12.4. The number of piperidine rings is 1. The van der Waals surface area contributed by atoms with E-state index < -0.39 is 6.23 Å². The maximum Gasteiger partial charge on any atom is 0.412 e. The van der Waals surface area contributed by atoms with Gasteiger partial charge in [-0.25, -0.2) is 14.8 Å². The fourth-order valence-electron chi connectivity index (χ4n) is 3.15. The first-order chi connectivity index (χ1) is 14.0. The van der Waals surface area contributed by atoms with Crippen LogP contribution in [0.4, 0.5) is 16.3 Å². The Labute approximate surface area is 171 Å². The van der Waals surface area contributed by atoms with Crippen LogP contribution >= 0.6 is 0 Å². The van der Waals surface area contributed by atoms with Gasteiger partial charge in [-0.2, -0.15) is 0 Å². The summed E-state index contributed by atoms with van der Waals surface area (Å²) in [6.07, 6.45) is 3.16. The van der Waals surface area contributed by atoms with Crippen molar-refractivity contribution in [3.63, 3.8) is 0 Å². The van der Waals surface area contributed by atoms with Crippen molar-refractivity contribution < 1.29 is 19.0 Å². The summed E-state index contributed by atoms with van der Waals surface area (Å²) in [6, 6.07) is 7.49. The third-order valence-corrected chi connectivity index (χ3v) is 4.61. The molecule has 0 radical (unpaired) electrons. The molecule has 1 N–H and O–H groups in total. The van der Waals surface area contributed by atoms with Crippen molar-refractivity contribution in [2.45, 2.75) is 52.4 Å². The van der Waals surface area contributed by atoms with Gasteiger partial charge in [0.15, 0.2) is 6.23 Å². The molecule has 1 atom stereocenters. The monoisotopic (exact) mass is 400 g/mol. The van der Waals surface area contributed by atoms with Crippen molar-refractivity contribution >= 4 is 17.6 Å². The zero-order chi connectivity index (χ0) is 20.8. The summed E-state index contributed by atoms with van der Waals surface area (Å²) in [5.41, 5.74) is 1.94. The van der Waals surface area contributed by atoms with Crippen molar-refractivity contribution in [3.05, 3.63) is 36.2 Å². The molecule has 1 fully saturated rings. The van der Waals surface area contributed by atoms with Crippen LogP contribution in [0.3, 0.4) is 0 Å². The fourth-order valence-corrected chi connectivity index (χ4v) is 3.15. The highest BCUT2D eigenvalue weighted by Gasteiger charge is 2.30. The number of anilines is 2. The van der Waals surface area contributed by atoms with Gasteiger partial charge in [0.1, 0.15) is 17.9 Å². The second kappa shape index (κ2) is 9.45. The summed E-state index contributed by atoms with van der Waals surface area (Å²) < 4.78 is 16.6. The number of hydrogen-bond acceptors (Lipinski definition) is 7. The van der Waals surface area contributed by atoms with E-state index in [9.17, 15) is 4.79 Å². The molecule has 1 aromatic heterocycles. The first-order valence-electron chi connectivity index (χ1n) is 9.84. The number of ether oxygens (including phenoxy) is 3. The topological polar surface area (TPSA) is 85.8 Å². The number of benzene rings is 1. The molecule has 1 aliphatic heterocycles. The smallest absolute Gasteiger partial charge is 0.412 e. The van der Waals surface area contributed by atoms with Gasteiger partial charge in [-0.3, -0.25) is 4.90 Å². The summed E-state index contributed by atoms with van der Waals surface area (Å²) >= 11 is 0. The number of rotatable bonds is 6. The molecule has 1 aliphatic rings. The Kier molecular flexibility index (Phi) is 6.74. The number of carbonyl (C=O) groups excluding carboxylic acids is 1. The number of nitrogens with zero attached hydrogens (tertiary/aromatic N) is 3. The Morgan fingerprint density at radius 3 is 2.79 bits per heavy atom. The quantitative estimate of drug-likeness (QED) is 0.775. The number of nitrogens with one attached hydrogen (secondary N) is 1. The third kappa shape index (κ3) is 5.49. The lowest BCUT2D eigenvalue weighted by Crippen LogP contribution is -2.47. The van der Waals surface area contributed by atoms with Crippen LogP contribution in [-0.2, 0) is 4.74 Å². The second-order valence-electron chi connectivity index (χ2n) is 7.24. The molecule has 1 amide bonds. The lowest BCUT2D eigenvalue weighted by Gasteiger charge is -2.34. The molecule has 156 valence electrons. The van der Waals surface area contributed by atoms with E-state index in [4.69, 9.17) is 14.2 Å². The zero-order valence-electron chi connectivity index (χ0n) is 17.3. The summed E-state index contributed by atoms with van der Waals surface area (Å²) in [7, 11) is 1.64. The predicted molar refractivity (Wildman–Crippen MR) is 110 cm³/mol. The van der Waals surface area contributed by atoms with Crippen LogP contribution < -0.4 is 14.8 Å². The van der Waals surface area contributed by atoms with E-state index in [-0.39, 0.29) is 12.2 Å². The first-order valence-corrected chi connectivity index (χ1v) is 9.84. The van der Waals surface area contributed by atoms with Gasteiger partial charge >= 0.3 is 6.09 Å². The minimum atomic E-state index is -0.402. The van der Waals surface area contributed by atoms with E-state index in [1.807, 2.05) is 39.0 Å². The SMILES string of the molecule is COc1ccc(Nc2cc(OC3CCCCN3C(=O)OC(C)C)ncn2)c(C)c1. The molecule has 0 saturated carbocycles. The highest BCUT2D eigenvalue weighted by molar-refractivity contribution is 5.68. The molecular formula is C21H28N4O4. The van der Waals surface area contributed by atoms with Gasteiger partial charge in [-0.15, -0.1) is 0 Å². The average molecular weight is 400 g/mol. The van der Waals surface area contributed by atoms with Crippen molar-refractivity contribution in [2.75, 3.05) is 19.0 Å². The molecule has 8 nitrogen and oxygen atoms in total. The molecule has 0 bridgehead atoms. The number of aryl methyl sites for hydroxylation is 1. The van der Waals surface area contributed by atoms with Crippen LogP contribution in [0.25, 0.3) is 0 Å². The maximum absolute atomic E-state index is 12.4.